The minimum atomic E-state index is -0.115. The van der Waals surface area contributed by atoms with Crippen LogP contribution in [0.25, 0.3) is 77.6 Å². The molecular formula is C39H24N4O. The van der Waals surface area contributed by atoms with Gasteiger partial charge in [0.15, 0.2) is 5.65 Å². The molecule has 9 aromatic rings. The lowest BCUT2D eigenvalue weighted by Gasteiger charge is -2.17. The Bertz CT molecular complexity index is 2620. The van der Waals surface area contributed by atoms with Gasteiger partial charge in [0.05, 0.1) is 38.7 Å². The van der Waals surface area contributed by atoms with E-state index in [1.165, 1.54) is 0 Å². The molecule has 0 aliphatic rings. The molecule has 0 aliphatic carbocycles. The van der Waals surface area contributed by atoms with Gasteiger partial charge in [-0.15, -0.1) is 0 Å². The van der Waals surface area contributed by atoms with Gasteiger partial charge in [0.2, 0.25) is 0 Å². The Hall–Kier alpha value is -6.07. The summed E-state index contributed by atoms with van der Waals surface area (Å²) in [5.41, 5.74) is 11.5. The van der Waals surface area contributed by atoms with Gasteiger partial charge in [0.1, 0.15) is 5.52 Å². The van der Waals surface area contributed by atoms with E-state index >= 15 is 0 Å². The number of nitrogens with zero attached hydrogens (tertiary/aromatic N) is 4. The van der Waals surface area contributed by atoms with Crippen LogP contribution in [0.2, 0.25) is 0 Å². The summed E-state index contributed by atoms with van der Waals surface area (Å²) >= 11 is 0. The maximum absolute atomic E-state index is 14.6. The maximum Gasteiger partial charge on any atom is 0.265 e. The highest BCUT2D eigenvalue weighted by Gasteiger charge is 2.23. The second-order valence-electron chi connectivity index (χ2n) is 11.0. The van der Waals surface area contributed by atoms with Crippen molar-refractivity contribution < 1.29 is 0 Å². The third-order valence-corrected chi connectivity index (χ3v) is 8.49. The second-order valence-corrected chi connectivity index (χ2v) is 11.0. The molecule has 4 heterocycles. The Morgan fingerprint density at radius 2 is 1.09 bits per heavy atom. The molecule has 0 spiro atoms. The minimum Gasteiger partial charge on any atom is -0.289 e. The standard InChI is InChI=1S/C39H24N4O/c44-39-29-22-23-30(26-14-5-2-6-15-26)40-36(29)35(28-17-11-16-27(24-28)25-12-3-1-4-13-25)37-38-41-31-18-7-8-19-32(31)42(38)33-20-9-10-21-34(33)43(37)39/h1-24H. The van der Waals surface area contributed by atoms with E-state index in [0.29, 0.717) is 10.9 Å². The fraction of sp³-hybridized carbons (Fsp3) is 0. The highest BCUT2D eigenvalue weighted by molar-refractivity contribution is 6.09. The van der Waals surface area contributed by atoms with E-state index in [9.17, 15) is 4.79 Å². The van der Waals surface area contributed by atoms with E-state index in [-0.39, 0.29) is 5.56 Å². The molecule has 5 aromatic carbocycles. The van der Waals surface area contributed by atoms with Crippen LogP contribution in [0.3, 0.4) is 0 Å². The van der Waals surface area contributed by atoms with E-state index in [0.717, 1.165) is 66.7 Å². The van der Waals surface area contributed by atoms with E-state index in [1.807, 2.05) is 101 Å². The number of para-hydroxylation sites is 4. The first-order chi connectivity index (χ1) is 21.8. The predicted octanol–water partition coefficient (Wildman–Crippen LogP) is 8.80. The number of aromatic nitrogens is 4. The van der Waals surface area contributed by atoms with Gasteiger partial charge < -0.3 is 0 Å². The Labute approximate surface area is 251 Å². The molecule has 0 saturated carbocycles. The molecular weight excluding hydrogens is 540 g/mol. The van der Waals surface area contributed by atoms with Crippen molar-refractivity contribution in [2.45, 2.75) is 0 Å². The summed E-state index contributed by atoms with van der Waals surface area (Å²) in [5.74, 6) is 0. The summed E-state index contributed by atoms with van der Waals surface area (Å²) < 4.78 is 4.02. The monoisotopic (exact) mass is 564 g/mol. The van der Waals surface area contributed by atoms with Crippen LogP contribution in [0.15, 0.2) is 150 Å². The van der Waals surface area contributed by atoms with E-state index in [1.54, 1.807) is 0 Å². The fourth-order valence-corrected chi connectivity index (χ4v) is 6.51. The summed E-state index contributed by atoms with van der Waals surface area (Å²) in [6, 6.07) is 49.0. The Morgan fingerprint density at radius 1 is 0.477 bits per heavy atom. The molecule has 4 aromatic heterocycles. The molecule has 206 valence electrons. The van der Waals surface area contributed by atoms with Crippen molar-refractivity contribution >= 4 is 44.1 Å². The van der Waals surface area contributed by atoms with Crippen molar-refractivity contribution in [2.75, 3.05) is 0 Å². The van der Waals surface area contributed by atoms with Gasteiger partial charge in [0, 0.05) is 11.1 Å². The van der Waals surface area contributed by atoms with Crippen LogP contribution >= 0.6 is 0 Å². The molecule has 0 bridgehead atoms. The predicted molar refractivity (Wildman–Crippen MR) is 179 cm³/mol. The van der Waals surface area contributed by atoms with Gasteiger partial charge in [-0.1, -0.05) is 103 Å². The molecule has 44 heavy (non-hydrogen) atoms. The Kier molecular flexibility index (Phi) is 5.28. The molecule has 5 heteroatoms. The molecule has 0 aliphatic heterocycles. The zero-order valence-electron chi connectivity index (χ0n) is 23.6. The lowest BCUT2D eigenvalue weighted by molar-refractivity contribution is 1.14. The summed E-state index contributed by atoms with van der Waals surface area (Å²) in [7, 11) is 0. The zero-order valence-corrected chi connectivity index (χ0v) is 23.6. The van der Waals surface area contributed by atoms with Crippen molar-refractivity contribution in [3.63, 3.8) is 0 Å². The number of rotatable bonds is 3. The van der Waals surface area contributed by atoms with E-state index in [4.69, 9.17) is 9.97 Å². The normalized spacial score (nSPS) is 11.7. The number of benzene rings is 5. The van der Waals surface area contributed by atoms with Crippen LogP contribution in [0.5, 0.6) is 0 Å². The van der Waals surface area contributed by atoms with Gasteiger partial charge >= 0.3 is 0 Å². The van der Waals surface area contributed by atoms with Crippen molar-refractivity contribution in [1.29, 1.82) is 0 Å². The Morgan fingerprint density at radius 3 is 1.86 bits per heavy atom. The molecule has 9 rings (SSSR count). The average molecular weight is 565 g/mol. The van der Waals surface area contributed by atoms with Crippen LogP contribution in [0.1, 0.15) is 0 Å². The number of imidazole rings is 1. The van der Waals surface area contributed by atoms with Gasteiger partial charge in [-0.25, -0.2) is 9.97 Å². The third-order valence-electron chi connectivity index (χ3n) is 8.49. The Balaban J connectivity index is 1.53. The van der Waals surface area contributed by atoms with Crippen molar-refractivity contribution in [1.82, 2.24) is 18.8 Å². The van der Waals surface area contributed by atoms with E-state index in [2.05, 4.69) is 52.9 Å². The lowest BCUT2D eigenvalue weighted by atomic mass is 9.96. The van der Waals surface area contributed by atoms with Gasteiger partial charge in [-0.3, -0.25) is 13.6 Å². The van der Waals surface area contributed by atoms with Crippen molar-refractivity contribution in [3.05, 3.63) is 156 Å². The third kappa shape index (κ3) is 3.56. The first kappa shape index (κ1) is 24.5. The maximum atomic E-state index is 14.6. The smallest absolute Gasteiger partial charge is 0.265 e. The van der Waals surface area contributed by atoms with Gasteiger partial charge in [0.25, 0.3) is 5.56 Å². The minimum absolute atomic E-state index is 0.115. The highest BCUT2D eigenvalue weighted by Crippen LogP contribution is 2.38. The SMILES string of the molecule is O=c1c2ccc(-c3ccccc3)nc2c(-c2cccc(-c3ccccc3)c2)c2c3nc4ccccc4n3c3ccccc3n12. The molecule has 0 unspecified atom stereocenters. The number of fused-ring (bicyclic) bond motifs is 9. The largest absolute Gasteiger partial charge is 0.289 e. The van der Waals surface area contributed by atoms with Gasteiger partial charge in [-0.2, -0.15) is 0 Å². The number of hydrogen-bond acceptors (Lipinski definition) is 3. The van der Waals surface area contributed by atoms with Crippen molar-refractivity contribution in [3.8, 4) is 33.5 Å². The zero-order chi connectivity index (χ0) is 29.2. The van der Waals surface area contributed by atoms with Crippen LogP contribution in [0, 0.1) is 0 Å². The van der Waals surface area contributed by atoms with Crippen LogP contribution in [0.4, 0.5) is 0 Å². The summed E-state index contributed by atoms with van der Waals surface area (Å²) in [5, 5.41) is 0.563. The van der Waals surface area contributed by atoms with Crippen molar-refractivity contribution in [2.24, 2.45) is 0 Å². The van der Waals surface area contributed by atoms with Crippen LogP contribution in [-0.2, 0) is 0 Å². The summed E-state index contributed by atoms with van der Waals surface area (Å²) in [4.78, 5) is 25.0. The second kappa shape index (κ2) is 9.48. The summed E-state index contributed by atoms with van der Waals surface area (Å²) in [6.07, 6.45) is 0. The molecule has 0 radical (unpaired) electrons. The van der Waals surface area contributed by atoms with E-state index < -0.39 is 0 Å². The summed E-state index contributed by atoms with van der Waals surface area (Å²) in [6.45, 7) is 0. The first-order valence-corrected chi connectivity index (χ1v) is 14.6. The average Bonchev–Trinajstić information content (AvgIpc) is 3.49. The number of pyridine rings is 2. The quantitative estimate of drug-likeness (QED) is 0.159. The van der Waals surface area contributed by atoms with Gasteiger partial charge in [-0.05, 0) is 59.2 Å². The number of hydrogen-bond donors (Lipinski definition) is 0. The molecule has 0 atom stereocenters. The fourth-order valence-electron chi connectivity index (χ4n) is 6.51. The molecule has 0 saturated heterocycles. The molecule has 0 N–H and O–H groups in total. The van der Waals surface area contributed by atoms with Crippen LogP contribution in [-0.4, -0.2) is 18.8 Å². The first-order valence-electron chi connectivity index (χ1n) is 14.6. The molecule has 0 amide bonds. The topological polar surface area (TPSA) is 51.7 Å². The molecule has 0 fully saturated rings. The lowest BCUT2D eigenvalue weighted by Crippen LogP contribution is -2.18. The highest BCUT2D eigenvalue weighted by atomic mass is 16.1. The molecule has 5 nitrogen and oxygen atoms in total. The van der Waals surface area contributed by atoms with Crippen LogP contribution < -0.4 is 5.56 Å².